The number of benzene rings is 1. The van der Waals surface area contributed by atoms with Gasteiger partial charge >= 0.3 is 0 Å². The van der Waals surface area contributed by atoms with Crippen LogP contribution in [0.1, 0.15) is 24.2 Å². The zero-order valence-corrected chi connectivity index (χ0v) is 16.6. The van der Waals surface area contributed by atoms with Gasteiger partial charge in [0.1, 0.15) is 11.5 Å². The second-order valence-corrected chi connectivity index (χ2v) is 5.30. The van der Waals surface area contributed by atoms with Crippen molar-refractivity contribution in [2.45, 2.75) is 26.3 Å². The quantitative estimate of drug-likeness (QED) is 0.283. The lowest BCUT2D eigenvalue weighted by Gasteiger charge is -2.11. The van der Waals surface area contributed by atoms with Crippen molar-refractivity contribution in [3.63, 3.8) is 0 Å². The number of ether oxygens (including phenoxy) is 1. The molecule has 0 radical (unpaired) electrons. The molecule has 1 heterocycles. The van der Waals surface area contributed by atoms with Gasteiger partial charge in [0, 0.05) is 13.6 Å². The van der Waals surface area contributed by atoms with Crippen LogP contribution in [-0.4, -0.2) is 26.2 Å². The number of aryl methyl sites for hydroxylation is 1. The molecule has 132 valence electrons. The smallest absolute Gasteiger partial charge is 0.191 e. The van der Waals surface area contributed by atoms with E-state index < -0.39 is 0 Å². The Hall–Kier alpha value is -1.70. The fourth-order valence-corrected chi connectivity index (χ4v) is 2.06. The molecule has 0 amide bonds. The fraction of sp³-hybridized carbons (Fsp3) is 0.389. The molecule has 0 bridgehead atoms. The van der Waals surface area contributed by atoms with Gasteiger partial charge in [-0.1, -0.05) is 17.7 Å². The van der Waals surface area contributed by atoms with Gasteiger partial charge in [-0.15, -0.1) is 24.0 Å². The Kier molecular flexibility index (Phi) is 9.98. The molecule has 2 aromatic rings. The Labute approximate surface area is 160 Å². The summed E-state index contributed by atoms with van der Waals surface area (Å²) >= 11 is 0. The highest BCUT2D eigenvalue weighted by molar-refractivity contribution is 14.0. The van der Waals surface area contributed by atoms with Crippen molar-refractivity contribution in [3.05, 3.63) is 54.0 Å². The molecule has 0 saturated carbocycles. The highest BCUT2D eigenvalue weighted by Crippen LogP contribution is 2.11. The van der Waals surface area contributed by atoms with E-state index in [-0.39, 0.29) is 24.0 Å². The molecule has 0 aliphatic carbocycles. The van der Waals surface area contributed by atoms with Crippen LogP contribution in [0.15, 0.2) is 52.1 Å². The Morgan fingerprint density at radius 1 is 1.12 bits per heavy atom. The van der Waals surface area contributed by atoms with Gasteiger partial charge in [0.15, 0.2) is 5.96 Å². The van der Waals surface area contributed by atoms with Gasteiger partial charge in [0.2, 0.25) is 0 Å². The predicted octanol–water partition coefficient (Wildman–Crippen LogP) is 3.73. The third-order valence-corrected chi connectivity index (χ3v) is 3.39. The van der Waals surface area contributed by atoms with Crippen molar-refractivity contribution in [1.29, 1.82) is 0 Å². The summed E-state index contributed by atoms with van der Waals surface area (Å²) in [4.78, 5) is 4.18. The molecular formula is C18H26IN3O2. The Bertz CT molecular complexity index is 583. The van der Waals surface area contributed by atoms with E-state index in [0.29, 0.717) is 6.54 Å². The molecule has 0 saturated heterocycles. The molecule has 2 N–H and O–H groups in total. The molecule has 1 aromatic carbocycles. The first-order valence-corrected chi connectivity index (χ1v) is 7.94. The molecule has 0 atom stereocenters. The van der Waals surface area contributed by atoms with Gasteiger partial charge in [-0.05, 0) is 44.0 Å². The zero-order chi connectivity index (χ0) is 16.3. The first-order chi connectivity index (χ1) is 11.3. The first kappa shape index (κ1) is 20.3. The summed E-state index contributed by atoms with van der Waals surface area (Å²) in [6, 6.07) is 11.9. The van der Waals surface area contributed by atoms with E-state index in [1.54, 1.807) is 13.3 Å². The normalized spacial score (nSPS) is 10.8. The number of nitrogens with one attached hydrogen (secondary N) is 2. The van der Waals surface area contributed by atoms with Crippen molar-refractivity contribution in [3.8, 4) is 5.75 Å². The number of rotatable bonds is 8. The first-order valence-electron chi connectivity index (χ1n) is 7.94. The molecule has 0 fully saturated rings. The van der Waals surface area contributed by atoms with Crippen LogP contribution in [-0.2, 0) is 6.54 Å². The summed E-state index contributed by atoms with van der Waals surface area (Å²) in [7, 11) is 1.76. The topological polar surface area (TPSA) is 58.8 Å². The average molecular weight is 443 g/mol. The number of hydrogen-bond donors (Lipinski definition) is 2. The van der Waals surface area contributed by atoms with Gasteiger partial charge in [0.05, 0.1) is 19.4 Å². The van der Waals surface area contributed by atoms with Crippen molar-refractivity contribution in [2.24, 2.45) is 4.99 Å². The molecule has 2 rings (SSSR count). The molecule has 24 heavy (non-hydrogen) atoms. The van der Waals surface area contributed by atoms with Crippen molar-refractivity contribution < 1.29 is 9.15 Å². The summed E-state index contributed by atoms with van der Waals surface area (Å²) < 4.78 is 11.0. The Balaban J connectivity index is 0.00000288. The molecule has 1 aromatic heterocycles. The lowest BCUT2D eigenvalue weighted by molar-refractivity contribution is 0.307. The second kappa shape index (κ2) is 11.8. The van der Waals surface area contributed by atoms with Gasteiger partial charge in [-0.2, -0.15) is 0 Å². The minimum absolute atomic E-state index is 0. The molecule has 0 aliphatic rings. The second-order valence-electron chi connectivity index (χ2n) is 5.30. The van der Waals surface area contributed by atoms with Crippen molar-refractivity contribution in [1.82, 2.24) is 10.6 Å². The number of furan rings is 1. The summed E-state index contributed by atoms with van der Waals surface area (Å²) in [5, 5.41) is 6.49. The van der Waals surface area contributed by atoms with Crippen molar-refractivity contribution in [2.75, 3.05) is 20.2 Å². The highest BCUT2D eigenvalue weighted by atomic mass is 127. The van der Waals surface area contributed by atoms with E-state index in [4.69, 9.17) is 9.15 Å². The van der Waals surface area contributed by atoms with Gasteiger partial charge < -0.3 is 19.8 Å². The number of nitrogens with zero attached hydrogens (tertiary/aromatic N) is 1. The molecule has 6 heteroatoms. The molecule has 5 nitrogen and oxygen atoms in total. The standard InChI is InChI=1S/C18H25N3O2.HI/c1-15-7-9-16(10-8-15)22-12-4-3-11-20-18(19-2)21-14-17-6-5-13-23-17;/h5-10,13H,3-4,11-12,14H2,1-2H3,(H2,19,20,21);1H. The summed E-state index contributed by atoms with van der Waals surface area (Å²) in [6.45, 7) is 4.28. The van der Waals surface area contributed by atoms with Crippen LogP contribution in [0.3, 0.4) is 0 Å². The van der Waals surface area contributed by atoms with Crippen LogP contribution in [0.25, 0.3) is 0 Å². The number of aliphatic imine (C=N–C) groups is 1. The van der Waals surface area contributed by atoms with Crippen LogP contribution < -0.4 is 15.4 Å². The molecule has 0 aliphatic heterocycles. The molecule has 0 unspecified atom stereocenters. The van der Waals surface area contributed by atoms with E-state index in [2.05, 4.69) is 34.7 Å². The van der Waals surface area contributed by atoms with E-state index in [9.17, 15) is 0 Å². The van der Waals surface area contributed by atoms with Gasteiger partial charge in [-0.3, -0.25) is 4.99 Å². The maximum atomic E-state index is 5.70. The van der Waals surface area contributed by atoms with Gasteiger partial charge in [0.25, 0.3) is 0 Å². The van der Waals surface area contributed by atoms with Gasteiger partial charge in [-0.25, -0.2) is 0 Å². The van der Waals surface area contributed by atoms with Crippen LogP contribution >= 0.6 is 24.0 Å². The lowest BCUT2D eigenvalue weighted by Crippen LogP contribution is -2.37. The minimum atomic E-state index is 0. The fourth-order valence-electron chi connectivity index (χ4n) is 2.06. The SMILES string of the molecule is CN=C(NCCCCOc1ccc(C)cc1)NCc1ccco1.I. The van der Waals surface area contributed by atoms with Crippen LogP contribution in [0, 0.1) is 6.92 Å². The predicted molar refractivity (Wildman–Crippen MR) is 108 cm³/mol. The van der Waals surface area contributed by atoms with Crippen LogP contribution in [0.4, 0.5) is 0 Å². The van der Waals surface area contributed by atoms with E-state index in [0.717, 1.165) is 43.5 Å². The van der Waals surface area contributed by atoms with E-state index in [1.165, 1.54) is 5.56 Å². The van der Waals surface area contributed by atoms with Crippen LogP contribution in [0.5, 0.6) is 5.75 Å². The number of halogens is 1. The third kappa shape index (κ3) is 7.72. The number of guanidine groups is 1. The maximum absolute atomic E-state index is 5.70. The zero-order valence-electron chi connectivity index (χ0n) is 14.2. The summed E-state index contributed by atoms with van der Waals surface area (Å²) in [5.74, 6) is 2.60. The summed E-state index contributed by atoms with van der Waals surface area (Å²) in [6.07, 6.45) is 3.69. The maximum Gasteiger partial charge on any atom is 0.191 e. The Morgan fingerprint density at radius 3 is 2.58 bits per heavy atom. The minimum Gasteiger partial charge on any atom is -0.494 e. The van der Waals surface area contributed by atoms with E-state index >= 15 is 0 Å². The van der Waals surface area contributed by atoms with Crippen molar-refractivity contribution >= 4 is 29.9 Å². The largest absolute Gasteiger partial charge is 0.494 e. The third-order valence-electron chi connectivity index (χ3n) is 3.39. The number of hydrogen-bond acceptors (Lipinski definition) is 3. The highest BCUT2D eigenvalue weighted by Gasteiger charge is 1.99. The summed E-state index contributed by atoms with van der Waals surface area (Å²) in [5.41, 5.74) is 1.25. The van der Waals surface area contributed by atoms with E-state index in [1.807, 2.05) is 24.3 Å². The monoisotopic (exact) mass is 443 g/mol. The molecule has 0 spiro atoms. The Morgan fingerprint density at radius 2 is 1.92 bits per heavy atom. The average Bonchev–Trinajstić information content (AvgIpc) is 3.08. The lowest BCUT2D eigenvalue weighted by atomic mass is 10.2. The molecular weight excluding hydrogens is 417 g/mol. The number of unbranched alkanes of at least 4 members (excludes halogenated alkanes) is 1. The van der Waals surface area contributed by atoms with Crippen LogP contribution in [0.2, 0.25) is 0 Å².